The lowest BCUT2D eigenvalue weighted by Crippen LogP contribution is -2.31. The highest BCUT2D eigenvalue weighted by Gasteiger charge is 2.10. The van der Waals surface area contributed by atoms with Gasteiger partial charge in [-0.1, -0.05) is 19.1 Å². The van der Waals surface area contributed by atoms with Gasteiger partial charge in [0.25, 0.3) is 0 Å². The monoisotopic (exact) mass is 293 g/mol. The Morgan fingerprint density at radius 2 is 1.65 bits per heavy atom. The summed E-state index contributed by atoms with van der Waals surface area (Å²) in [6, 6.07) is 7.54. The van der Waals surface area contributed by atoms with Crippen molar-refractivity contribution in [1.82, 2.24) is 4.90 Å². The quantitative estimate of drug-likeness (QED) is 0.542. The molecule has 0 bridgehead atoms. The van der Waals surface area contributed by atoms with E-state index in [-0.39, 0.29) is 11.7 Å². The highest BCUT2D eigenvalue weighted by Crippen LogP contribution is 2.19. The second-order valence-corrected chi connectivity index (χ2v) is 5.60. The van der Waals surface area contributed by atoms with Crippen molar-refractivity contribution in [2.24, 2.45) is 0 Å². The fourth-order valence-electron chi connectivity index (χ4n) is 1.92. The van der Waals surface area contributed by atoms with Gasteiger partial charge < -0.3 is 4.90 Å². The summed E-state index contributed by atoms with van der Waals surface area (Å²) in [7, 11) is 0. The molecule has 0 fully saturated rings. The van der Waals surface area contributed by atoms with Gasteiger partial charge in [0.2, 0.25) is 5.91 Å². The molecule has 0 radical (unpaired) electrons. The number of nitrogens with zero attached hydrogens (tertiary/aromatic N) is 1. The number of benzene rings is 1. The zero-order valence-electron chi connectivity index (χ0n) is 12.5. The zero-order chi connectivity index (χ0) is 15.0. The van der Waals surface area contributed by atoms with E-state index >= 15 is 0 Å². The number of carbonyl (C=O) groups excluding carboxylic acids is 2. The van der Waals surface area contributed by atoms with Crippen LogP contribution in [-0.4, -0.2) is 35.4 Å². The van der Waals surface area contributed by atoms with Crippen LogP contribution in [0.1, 0.15) is 44.0 Å². The molecular weight excluding hydrogens is 270 g/mol. The van der Waals surface area contributed by atoms with E-state index in [1.165, 1.54) is 11.8 Å². The molecule has 0 aromatic heterocycles. The smallest absolute Gasteiger partial charge is 0.232 e. The Bertz CT molecular complexity index is 438. The Balaban J connectivity index is 2.53. The summed E-state index contributed by atoms with van der Waals surface area (Å²) in [4.78, 5) is 26.5. The van der Waals surface area contributed by atoms with Crippen LogP contribution in [0.15, 0.2) is 29.2 Å². The predicted octanol–water partition coefficient (Wildman–Crippen LogP) is 3.63. The number of ketones is 1. The number of carbonyl (C=O) groups is 2. The molecule has 0 aliphatic heterocycles. The van der Waals surface area contributed by atoms with Crippen molar-refractivity contribution in [2.45, 2.75) is 38.5 Å². The highest BCUT2D eigenvalue weighted by molar-refractivity contribution is 8.00. The summed E-state index contributed by atoms with van der Waals surface area (Å²) in [5, 5.41) is 0. The maximum atomic E-state index is 11.9. The predicted molar refractivity (Wildman–Crippen MR) is 84.3 cm³/mol. The Morgan fingerprint density at radius 1 is 1.05 bits per heavy atom. The summed E-state index contributed by atoms with van der Waals surface area (Å²) in [6.45, 7) is 7.47. The van der Waals surface area contributed by atoms with Crippen LogP contribution in [-0.2, 0) is 4.79 Å². The topological polar surface area (TPSA) is 37.4 Å². The summed E-state index contributed by atoms with van der Waals surface area (Å²) >= 11 is 1.52. The van der Waals surface area contributed by atoms with E-state index in [1.54, 1.807) is 0 Å². The number of rotatable bonds is 8. The third kappa shape index (κ3) is 5.00. The minimum atomic E-state index is 0.158. The molecule has 0 aliphatic rings. The van der Waals surface area contributed by atoms with Crippen LogP contribution in [0.2, 0.25) is 0 Å². The molecular formula is C16H23NO2S. The van der Waals surface area contributed by atoms with Crippen molar-refractivity contribution in [3.63, 3.8) is 0 Å². The Kier molecular flexibility index (Phi) is 7.37. The number of hydrogen-bond donors (Lipinski definition) is 0. The van der Waals surface area contributed by atoms with Gasteiger partial charge in [0, 0.05) is 30.0 Å². The van der Waals surface area contributed by atoms with Crippen LogP contribution in [0.3, 0.4) is 0 Å². The number of amides is 1. The van der Waals surface area contributed by atoms with Gasteiger partial charge in [0.1, 0.15) is 0 Å². The van der Waals surface area contributed by atoms with Gasteiger partial charge in [-0.3, -0.25) is 9.59 Å². The van der Waals surface area contributed by atoms with Crippen molar-refractivity contribution >= 4 is 23.5 Å². The molecule has 3 nitrogen and oxygen atoms in total. The zero-order valence-corrected chi connectivity index (χ0v) is 13.3. The molecule has 110 valence electrons. The molecule has 4 heteroatoms. The standard InChI is InChI=1S/C16H23NO2S/c1-4-7-15(18)13-8-10-14(11-9-13)20-12-16(19)17(5-2)6-3/h8-11H,4-7,12H2,1-3H3. The first-order valence-electron chi connectivity index (χ1n) is 7.16. The number of thioether (sulfide) groups is 1. The Hall–Kier alpha value is -1.29. The minimum Gasteiger partial charge on any atom is -0.343 e. The lowest BCUT2D eigenvalue weighted by atomic mass is 10.1. The maximum absolute atomic E-state index is 11.9. The number of hydrogen-bond acceptors (Lipinski definition) is 3. The first kappa shape index (κ1) is 16.8. The van der Waals surface area contributed by atoms with E-state index in [4.69, 9.17) is 0 Å². The summed E-state index contributed by atoms with van der Waals surface area (Å²) < 4.78 is 0. The Morgan fingerprint density at radius 3 is 2.15 bits per heavy atom. The third-order valence-corrected chi connectivity index (χ3v) is 4.13. The van der Waals surface area contributed by atoms with Crippen LogP contribution in [0.5, 0.6) is 0 Å². The average Bonchev–Trinajstić information content (AvgIpc) is 2.47. The van der Waals surface area contributed by atoms with Crippen molar-refractivity contribution in [3.8, 4) is 0 Å². The normalized spacial score (nSPS) is 10.3. The second kappa shape index (κ2) is 8.80. The van der Waals surface area contributed by atoms with E-state index in [1.807, 2.05) is 49.9 Å². The van der Waals surface area contributed by atoms with Crippen LogP contribution in [0.4, 0.5) is 0 Å². The summed E-state index contributed by atoms with van der Waals surface area (Å²) in [5.74, 6) is 0.790. The molecule has 0 spiro atoms. The van der Waals surface area contributed by atoms with Crippen LogP contribution >= 0.6 is 11.8 Å². The number of Topliss-reactive ketones (excluding diaryl/α,β-unsaturated/α-hetero) is 1. The van der Waals surface area contributed by atoms with Gasteiger partial charge in [-0.2, -0.15) is 0 Å². The van der Waals surface area contributed by atoms with Crippen LogP contribution < -0.4 is 0 Å². The highest BCUT2D eigenvalue weighted by atomic mass is 32.2. The molecule has 0 unspecified atom stereocenters. The molecule has 0 atom stereocenters. The molecule has 1 amide bonds. The van der Waals surface area contributed by atoms with Crippen molar-refractivity contribution in [1.29, 1.82) is 0 Å². The average molecular weight is 293 g/mol. The van der Waals surface area contributed by atoms with Crippen molar-refractivity contribution in [3.05, 3.63) is 29.8 Å². The lowest BCUT2D eigenvalue weighted by molar-refractivity contribution is -0.127. The molecule has 1 aromatic rings. The molecule has 0 saturated carbocycles. The molecule has 20 heavy (non-hydrogen) atoms. The fourth-order valence-corrected chi connectivity index (χ4v) is 2.72. The largest absolute Gasteiger partial charge is 0.343 e. The first-order valence-corrected chi connectivity index (χ1v) is 8.14. The Labute approximate surface area is 125 Å². The van der Waals surface area contributed by atoms with Gasteiger partial charge in [-0.05, 0) is 32.4 Å². The van der Waals surface area contributed by atoms with E-state index in [0.29, 0.717) is 12.2 Å². The van der Waals surface area contributed by atoms with Gasteiger partial charge >= 0.3 is 0 Å². The minimum absolute atomic E-state index is 0.158. The van der Waals surface area contributed by atoms with Crippen molar-refractivity contribution < 1.29 is 9.59 Å². The van der Waals surface area contributed by atoms with Crippen LogP contribution in [0.25, 0.3) is 0 Å². The van der Waals surface area contributed by atoms with Gasteiger partial charge in [-0.25, -0.2) is 0 Å². The van der Waals surface area contributed by atoms with Crippen molar-refractivity contribution in [2.75, 3.05) is 18.8 Å². The molecule has 0 aliphatic carbocycles. The maximum Gasteiger partial charge on any atom is 0.232 e. The van der Waals surface area contributed by atoms with Gasteiger partial charge in [0.05, 0.1) is 5.75 Å². The third-order valence-electron chi connectivity index (χ3n) is 3.13. The van der Waals surface area contributed by atoms with Gasteiger partial charge in [0.15, 0.2) is 5.78 Å². The molecule has 0 N–H and O–H groups in total. The molecule has 0 saturated heterocycles. The van der Waals surface area contributed by atoms with E-state index in [9.17, 15) is 9.59 Å². The van der Waals surface area contributed by atoms with E-state index in [0.717, 1.165) is 30.0 Å². The lowest BCUT2D eigenvalue weighted by Gasteiger charge is -2.18. The first-order chi connectivity index (χ1) is 9.62. The van der Waals surface area contributed by atoms with E-state index in [2.05, 4.69) is 0 Å². The second-order valence-electron chi connectivity index (χ2n) is 4.55. The summed E-state index contributed by atoms with van der Waals surface area (Å²) in [6.07, 6.45) is 1.46. The molecule has 0 heterocycles. The van der Waals surface area contributed by atoms with Gasteiger partial charge in [-0.15, -0.1) is 11.8 Å². The molecule has 1 rings (SSSR count). The summed E-state index contributed by atoms with van der Waals surface area (Å²) in [5.41, 5.74) is 0.756. The fraction of sp³-hybridized carbons (Fsp3) is 0.500. The van der Waals surface area contributed by atoms with Crippen LogP contribution in [0, 0.1) is 0 Å². The SMILES string of the molecule is CCCC(=O)c1ccc(SCC(=O)N(CC)CC)cc1. The van der Waals surface area contributed by atoms with E-state index < -0.39 is 0 Å². The molecule has 1 aromatic carbocycles.